The fourth-order valence-electron chi connectivity index (χ4n) is 6.86. The van der Waals surface area contributed by atoms with Crippen molar-refractivity contribution in [3.05, 3.63) is 117 Å². The lowest BCUT2D eigenvalue weighted by molar-refractivity contribution is -0.896. The number of phenolic OH excluding ortho intramolecular Hbond substituents is 1. The normalized spacial score (nSPS) is 14.6. The van der Waals surface area contributed by atoms with Crippen LogP contribution in [0.4, 0.5) is 16.2 Å². The molecule has 4 aromatic carbocycles. The number of amides is 2. The fraction of sp³-hybridized carbons (Fsp3) is 0.310. The van der Waals surface area contributed by atoms with E-state index in [0.717, 1.165) is 47.1 Å². The van der Waals surface area contributed by atoms with E-state index in [1.54, 1.807) is 24.3 Å². The SMILES string of the molecule is COc1cc(NC(=O)CCc2ccc(-c3ccccc3)c(NC(=O)OC3CC[N+](C)(C)CC3)c2)c(Cl)cc1CNC[C@@H](O)c1ccc(O)c2[nH]c(=O)ccc12. The number of H-pyrrole nitrogens is 1. The Hall–Kier alpha value is -5.40. The number of nitrogens with one attached hydrogen (secondary N) is 4. The first-order valence-corrected chi connectivity index (χ1v) is 18.6. The molecule has 0 aliphatic carbocycles. The molecule has 55 heavy (non-hydrogen) atoms. The van der Waals surface area contributed by atoms with Crippen molar-refractivity contribution in [3.8, 4) is 22.6 Å². The summed E-state index contributed by atoms with van der Waals surface area (Å²) < 4.78 is 12.3. The summed E-state index contributed by atoms with van der Waals surface area (Å²) in [4.78, 5) is 40.6. The number of phenols is 1. The first-order valence-electron chi connectivity index (χ1n) is 18.3. The Morgan fingerprint density at radius 2 is 1.73 bits per heavy atom. The van der Waals surface area contributed by atoms with Gasteiger partial charge in [-0.05, 0) is 47.4 Å². The highest BCUT2D eigenvalue weighted by atomic mass is 35.5. The van der Waals surface area contributed by atoms with Crippen LogP contribution in [0.1, 0.15) is 42.1 Å². The summed E-state index contributed by atoms with van der Waals surface area (Å²) in [6, 6.07) is 24.9. The molecule has 1 aliphatic heterocycles. The quantitative estimate of drug-likeness (QED) is 0.0718. The number of aliphatic hydroxyl groups is 1. The number of aliphatic hydroxyl groups excluding tert-OH is 1. The highest BCUT2D eigenvalue weighted by molar-refractivity contribution is 6.33. The molecule has 12 nitrogen and oxygen atoms in total. The first kappa shape index (κ1) is 39.3. The van der Waals surface area contributed by atoms with Crippen LogP contribution in [0.3, 0.4) is 0 Å². The van der Waals surface area contributed by atoms with E-state index in [1.807, 2.05) is 48.5 Å². The Labute approximate surface area is 324 Å². The smallest absolute Gasteiger partial charge is 0.411 e. The molecule has 0 radical (unpaired) electrons. The number of methoxy groups -OCH3 is 1. The van der Waals surface area contributed by atoms with Crippen LogP contribution in [0.25, 0.3) is 22.0 Å². The summed E-state index contributed by atoms with van der Waals surface area (Å²) in [6.07, 6.45) is 0.619. The summed E-state index contributed by atoms with van der Waals surface area (Å²) in [5.41, 5.74) is 4.82. The Morgan fingerprint density at radius 3 is 2.47 bits per heavy atom. The molecule has 0 saturated carbocycles. The van der Waals surface area contributed by atoms with E-state index < -0.39 is 12.2 Å². The zero-order valence-electron chi connectivity index (χ0n) is 31.2. The molecule has 0 unspecified atom stereocenters. The third kappa shape index (κ3) is 10.0. The molecule has 6 rings (SSSR count). The second-order valence-electron chi connectivity index (χ2n) is 14.5. The maximum Gasteiger partial charge on any atom is 0.411 e. The summed E-state index contributed by atoms with van der Waals surface area (Å²) in [6.45, 7) is 2.34. The number of aryl methyl sites for hydroxylation is 1. The summed E-state index contributed by atoms with van der Waals surface area (Å²) in [5, 5.41) is 31.0. The van der Waals surface area contributed by atoms with Crippen LogP contribution in [0.2, 0.25) is 5.02 Å². The van der Waals surface area contributed by atoms with Crippen molar-refractivity contribution < 1.29 is 33.8 Å². The van der Waals surface area contributed by atoms with Gasteiger partial charge in [-0.3, -0.25) is 14.9 Å². The third-order valence-corrected chi connectivity index (χ3v) is 10.3. The molecular weight excluding hydrogens is 722 g/mol. The highest BCUT2D eigenvalue weighted by Gasteiger charge is 2.28. The van der Waals surface area contributed by atoms with Crippen molar-refractivity contribution in [2.45, 2.75) is 44.4 Å². The largest absolute Gasteiger partial charge is 0.506 e. The molecule has 1 aromatic heterocycles. The van der Waals surface area contributed by atoms with E-state index in [0.29, 0.717) is 51.6 Å². The number of hydrogen-bond acceptors (Lipinski definition) is 8. The molecule has 288 valence electrons. The van der Waals surface area contributed by atoms with Crippen LogP contribution in [-0.4, -0.2) is 78.6 Å². The van der Waals surface area contributed by atoms with Gasteiger partial charge in [0.1, 0.15) is 17.6 Å². The minimum absolute atomic E-state index is 0.0837. The minimum atomic E-state index is -0.946. The first-order chi connectivity index (χ1) is 26.4. The van der Waals surface area contributed by atoms with Gasteiger partial charge in [0.05, 0.1) is 62.3 Å². The molecule has 1 aliphatic rings. The maximum absolute atomic E-state index is 13.2. The Bertz CT molecular complexity index is 2220. The standard InChI is InChI=1S/C42H46ClN5O7/c1-48(2)19-17-29(18-20-48)55-42(53)46-34-21-26(9-11-30(34)27-7-5-4-6-8-27)10-15-39(51)45-35-23-38(54-3)28(22-33(35)43)24-44-25-37(50)31-12-14-36(49)41-32(31)13-16-40(52)47-41/h4-9,11-14,16,21-23,29,37,44,50H,10,15,17-20,24-25H2,1-3H3,(H3-,45,46,47,49,51,52,53)/p+1/t37-/m1/s1. The molecule has 5 aromatic rings. The van der Waals surface area contributed by atoms with Gasteiger partial charge >= 0.3 is 6.09 Å². The Morgan fingerprint density at radius 1 is 0.964 bits per heavy atom. The summed E-state index contributed by atoms with van der Waals surface area (Å²) in [5.74, 6) is 0.157. The number of pyridine rings is 1. The van der Waals surface area contributed by atoms with Gasteiger partial charge in [0.15, 0.2) is 0 Å². The molecule has 13 heteroatoms. The highest BCUT2D eigenvalue weighted by Crippen LogP contribution is 2.33. The molecule has 1 atom stereocenters. The Kier molecular flexibility index (Phi) is 12.4. The summed E-state index contributed by atoms with van der Waals surface area (Å²) >= 11 is 6.63. The monoisotopic (exact) mass is 768 g/mol. The molecule has 1 saturated heterocycles. The number of nitrogens with zero attached hydrogens (tertiary/aromatic N) is 1. The number of halogens is 1. The molecule has 2 heterocycles. The summed E-state index contributed by atoms with van der Waals surface area (Å²) in [7, 11) is 5.88. The number of hydrogen-bond donors (Lipinski definition) is 6. The number of quaternary nitrogens is 1. The predicted molar refractivity (Wildman–Crippen MR) is 215 cm³/mol. The van der Waals surface area contributed by atoms with Crippen LogP contribution >= 0.6 is 11.6 Å². The fourth-order valence-corrected chi connectivity index (χ4v) is 7.10. The molecular formula is C42H47ClN5O7+. The third-order valence-electron chi connectivity index (χ3n) is 10.00. The van der Waals surface area contributed by atoms with Crippen LogP contribution in [0, 0.1) is 0 Å². The lowest BCUT2D eigenvalue weighted by Crippen LogP contribution is -2.48. The van der Waals surface area contributed by atoms with Gasteiger partial charge in [0, 0.05) is 61.0 Å². The number of anilines is 2. The number of rotatable bonds is 13. The number of benzene rings is 4. The van der Waals surface area contributed by atoms with Gasteiger partial charge in [0.25, 0.3) is 0 Å². The predicted octanol–water partition coefficient (Wildman–Crippen LogP) is 6.74. The average molecular weight is 769 g/mol. The molecule has 1 fully saturated rings. The lowest BCUT2D eigenvalue weighted by atomic mass is 9.99. The van der Waals surface area contributed by atoms with E-state index in [1.165, 1.54) is 19.2 Å². The van der Waals surface area contributed by atoms with Crippen LogP contribution in [0.15, 0.2) is 89.7 Å². The number of fused-ring (bicyclic) bond motifs is 1. The van der Waals surface area contributed by atoms with Crippen molar-refractivity contribution in [2.75, 3.05) is 51.5 Å². The van der Waals surface area contributed by atoms with E-state index in [2.05, 4.69) is 35.0 Å². The zero-order chi connectivity index (χ0) is 39.1. The number of carbonyl (C=O) groups excluding carboxylic acids is 2. The molecule has 0 bridgehead atoms. The van der Waals surface area contributed by atoms with Crippen molar-refractivity contribution in [3.63, 3.8) is 0 Å². The maximum atomic E-state index is 13.2. The van der Waals surface area contributed by atoms with Gasteiger partial charge in [-0.1, -0.05) is 60.1 Å². The van der Waals surface area contributed by atoms with Crippen molar-refractivity contribution in [1.82, 2.24) is 10.3 Å². The number of piperidine rings is 1. The number of aromatic nitrogens is 1. The van der Waals surface area contributed by atoms with E-state index in [9.17, 15) is 24.6 Å². The van der Waals surface area contributed by atoms with Crippen LogP contribution < -0.4 is 26.2 Å². The van der Waals surface area contributed by atoms with Gasteiger partial charge in [0.2, 0.25) is 11.5 Å². The number of aromatic amines is 1. The zero-order valence-corrected chi connectivity index (χ0v) is 31.9. The number of carbonyl (C=O) groups is 2. The second-order valence-corrected chi connectivity index (χ2v) is 14.9. The molecule has 2 amide bonds. The van der Waals surface area contributed by atoms with Crippen LogP contribution in [-0.2, 0) is 22.5 Å². The minimum Gasteiger partial charge on any atom is -0.506 e. The number of aromatic hydroxyl groups is 1. The molecule has 6 N–H and O–H groups in total. The second kappa shape index (κ2) is 17.4. The van der Waals surface area contributed by atoms with E-state index >= 15 is 0 Å². The average Bonchev–Trinajstić information content (AvgIpc) is 3.16. The lowest BCUT2D eigenvalue weighted by Gasteiger charge is -2.36. The van der Waals surface area contributed by atoms with Crippen LogP contribution in [0.5, 0.6) is 11.5 Å². The number of ether oxygens (including phenoxy) is 2. The van der Waals surface area contributed by atoms with Crippen molar-refractivity contribution in [1.29, 1.82) is 0 Å². The topological polar surface area (TPSA) is 162 Å². The van der Waals surface area contributed by atoms with E-state index in [-0.39, 0.29) is 41.8 Å². The van der Waals surface area contributed by atoms with Crippen molar-refractivity contribution in [2.24, 2.45) is 0 Å². The molecule has 0 spiro atoms. The van der Waals surface area contributed by atoms with Gasteiger partial charge in [-0.15, -0.1) is 0 Å². The van der Waals surface area contributed by atoms with Gasteiger partial charge in [-0.25, -0.2) is 4.79 Å². The Balaban J connectivity index is 1.07. The van der Waals surface area contributed by atoms with E-state index in [4.69, 9.17) is 21.1 Å². The van der Waals surface area contributed by atoms with Gasteiger partial charge < -0.3 is 39.8 Å². The van der Waals surface area contributed by atoms with Crippen molar-refractivity contribution >= 4 is 45.9 Å². The number of likely N-dealkylation sites (tertiary alicyclic amines) is 1. The van der Waals surface area contributed by atoms with Gasteiger partial charge in [-0.2, -0.15) is 0 Å².